The maximum atomic E-state index is 12.4. The summed E-state index contributed by atoms with van der Waals surface area (Å²) in [6.07, 6.45) is 4.94. The minimum atomic E-state index is -0.485. The molecule has 1 aromatic heterocycles. The molecule has 3 rings (SSSR count). The monoisotopic (exact) mass is 379 g/mol. The summed E-state index contributed by atoms with van der Waals surface area (Å²) in [5.74, 6) is -0.531. The highest BCUT2D eigenvalue weighted by molar-refractivity contribution is 7.13. The summed E-state index contributed by atoms with van der Waals surface area (Å²) in [5.41, 5.74) is 0.540. The van der Waals surface area contributed by atoms with Crippen LogP contribution in [0.4, 0.5) is 5.13 Å². The number of thiazole rings is 1. The number of nitrogens with zero attached hydrogens (tertiary/aromatic N) is 2. The predicted octanol–water partition coefficient (Wildman–Crippen LogP) is 2.37. The summed E-state index contributed by atoms with van der Waals surface area (Å²) in [6, 6.07) is 0.363. The van der Waals surface area contributed by atoms with Gasteiger partial charge >= 0.3 is 5.97 Å². The number of esters is 1. The number of anilines is 1. The number of likely N-dealkylation sites (tertiary alicyclic amines) is 1. The van der Waals surface area contributed by atoms with E-state index in [1.54, 1.807) is 5.38 Å². The van der Waals surface area contributed by atoms with Crippen molar-refractivity contribution in [1.29, 1.82) is 0 Å². The van der Waals surface area contributed by atoms with E-state index in [0.29, 0.717) is 10.8 Å². The maximum Gasteiger partial charge on any atom is 0.312 e. The fourth-order valence-corrected chi connectivity index (χ4v) is 4.04. The first-order valence-electron chi connectivity index (χ1n) is 9.16. The summed E-state index contributed by atoms with van der Waals surface area (Å²) >= 11 is 1.29. The van der Waals surface area contributed by atoms with Gasteiger partial charge in [-0.05, 0) is 46.0 Å². The summed E-state index contributed by atoms with van der Waals surface area (Å²) in [5, 5.41) is 4.98. The molecule has 2 fully saturated rings. The topological polar surface area (TPSA) is 88.6 Å². The Hall–Kier alpha value is -1.96. The molecule has 1 aliphatic carbocycles. The number of carbonyl (C=O) groups is 3. The van der Waals surface area contributed by atoms with Gasteiger partial charge in [-0.2, -0.15) is 0 Å². The molecule has 0 unspecified atom stereocenters. The van der Waals surface area contributed by atoms with Crippen LogP contribution >= 0.6 is 11.3 Å². The number of hydrogen-bond donors (Lipinski definition) is 1. The molecule has 2 heterocycles. The Morgan fingerprint density at radius 3 is 2.58 bits per heavy atom. The van der Waals surface area contributed by atoms with E-state index in [9.17, 15) is 14.4 Å². The molecular formula is C18H25N3O4S. The van der Waals surface area contributed by atoms with E-state index in [2.05, 4.69) is 10.3 Å². The molecular weight excluding hydrogens is 354 g/mol. The van der Waals surface area contributed by atoms with Gasteiger partial charge in [-0.15, -0.1) is 11.3 Å². The van der Waals surface area contributed by atoms with E-state index in [1.165, 1.54) is 11.3 Å². The second-order valence-corrected chi connectivity index (χ2v) is 8.03. The van der Waals surface area contributed by atoms with Crippen LogP contribution in [0.1, 0.15) is 51.6 Å². The number of ether oxygens (including phenoxy) is 1. The van der Waals surface area contributed by atoms with Gasteiger partial charge in [-0.1, -0.05) is 0 Å². The van der Waals surface area contributed by atoms with E-state index < -0.39 is 5.97 Å². The van der Waals surface area contributed by atoms with Gasteiger partial charge in [0, 0.05) is 23.4 Å². The van der Waals surface area contributed by atoms with Crippen LogP contribution in [-0.2, 0) is 25.5 Å². The van der Waals surface area contributed by atoms with Crippen LogP contribution in [0.2, 0.25) is 0 Å². The van der Waals surface area contributed by atoms with Gasteiger partial charge in [0.2, 0.25) is 5.91 Å². The second kappa shape index (κ2) is 8.16. The zero-order valence-corrected chi connectivity index (χ0v) is 16.0. The highest BCUT2D eigenvalue weighted by Crippen LogP contribution is 2.30. The molecule has 0 bridgehead atoms. The fourth-order valence-electron chi connectivity index (χ4n) is 3.33. The first kappa shape index (κ1) is 18.8. The van der Waals surface area contributed by atoms with Crippen molar-refractivity contribution in [3.05, 3.63) is 11.1 Å². The quantitative estimate of drug-likeness (QED) is 0.767. The fraction of sp³-hybridized carbons (Fsp3) is 0.667. The minimum Gasteiger partial charge on any atom is -0.455 e. The molecule has 0 radical (unpaired) electrons. The third-order valence-corrected chi connectivity index (χ3v) is 5.70. The van der Waals surface area contributed by atoms with Crippen LogP contribution in [0.5, 0.6) is 0 Å². The van der Waals surface area contributed by atoms with Crippen molar-refractivity contribution in [1.82, 2.24) is 9.88 Å². The summed E-state index contributed by atoms with van der Waals surface area (Å²) in [7, 11) is 0. The SMILES string of the molecule is C[C@@H]1CCC[C@H](C)N1C(=O)COC(=O)Cc1csc(NC(=O)C2CC2)n1. The van der Waals surface area contributed by atoms with Crippen molar-refractivity contribution in [2.75, 3.05) is 11.9 Å². The van der Waals surface area contributed by atoms with E-state index in [1.807, 2.05) is 18.7 Å². The van der Waals surface area contributed by atoms with Gasteiger partial charge in [-0.3, -0.25) is 14.4 Å². The predicted molar refractivity (Wildman–Crippen MR) is 97.8 cm³/mol. The van der Waals surface area contributed by atoms with E-state index in [0.717, 1.165) is 32.1 Å². The van der Waals surface area contributed by atoms with Gasteiger partial charge in [0.25, 0.3) is 5.91 Å². The van der Waals surface area contributed by atoms with Crippen LogP contribution in [-0.4, -0.2) is 46.4 Å². The average molecular weight is 379 g/mol. The number of amides is 2. The Bertz CT molecular complexity index is 676. The Balaban J connectivity index is 1.44. The first-order valence-corrected chi connectivity index (χ1v) is 10.0. The largest absolute Gasteiger partial charge is 0.455 e. The van der Waals surface area contributed by atoms with Gasteiger partial charge in [-0.25, -0.2) is 4.98 Å². The lowest BCUT2D eigenvalue weighted by Crippen LogP contribution is -2.49. The molecule has 2 atom stereocenters. The molecule has 2 aliphatic rings. The van der Waals surface area contributed by atoms with Crippen LogP contribution < -0.4 is 5.32 Å². The Labute approximate surface area is 157 Å². The zero-order chi connectivity index (χ0) is 18.7. The lowest BCUT2D eigenvalue weighted by Gasteiger charge is -2.38. The molecule has 1 aliphatic heterocycles. The number of carbonyl (C=O) groups excluding carboxylic acids is 3. The normalized spacial score (nSPS) is 22.8. The first-order chi connectivity index (χ1) is 12.4. The van der Waals surface area contributed by atoms with Gasteiger partial charge in [0.1, 0.15) is 0 Å². The third-order valence-electron chi connectivity index (χ3n) is 4.89. The molecule has 8 heteroatoms. The summed E-state index contributed by atoms with van der Waals surface area (Å²) < 4.78 is 5.14. The standard InChI is InChI=1S/C18H25N3O4S/c1-11-4-3-5-12(2)21(11)15(22)9-25-16(23)8-14-10-26-18(19-14)20-17(24)13-6-7-13/h10-13H,3-9H2,1-2H3,(H,19,20,24)/t11-,12+. The summed E-state index contributed by atoms with van der Waals surface area (Å²) in [6.45, 7) is 3.83. The number of piperidine rings is 1. The molecule has 142 valence electrons. The highest BCUT2D eigenvalue weighted by Gasteiger charge is 2.30. The minimum absolute atomic E-state index is 0.00577. The molecule has 2 amide bonds. The third kappa shape index (κ3) is 4.81. The lowest BCUT2D eigenvalue weighted by molar-refractivity contribution is -0.154. The Morgan fingerprint density at radius 2 is 1.92 bits per heavy atom. The van der Waals surface area contributed by atoms with Crippen molar-refractivity contribution >= 4 is 34.3 Å². The average Bonchev–Trinajstić information content (AvgIpc) is 3.35. The number of hydrogen-bond acceptors (Lipinski definition) is 6. The Kier molecular flexibility index (Phi) is 5.90. The van der Waals surface area contributed by atoms with Crippen molar-refractivity contribution < 1.29 is 19.1 Å². The molecule has 1 N–H and O–H groups in total. The van der Waals surface area contributed by atoms with Gasteiger partial charge in [0.15, 0.2) is 11.7 Å². The molecule has 1 saturated carbocycles. The van der Waals surface area contributed by atoms with Crippen molar-refractivity contribution in [2.24, 2.45) is 5.92 Å². The van der Waals surface area contributed by atoms with Crippen molar-refractivity contribution in [3.8, 4) is 0 Å². The zero-order valence-electron chi connectivity index (χ0n) is 15.2. The van der Waals surface area contributed by atoms with E-state index in [4.69, 9.17) is 4.74 Å². The van der Waals surface area contributed by atoms with Gasteiger partial charge in [0.05, 0.1) is 12.1 Å². The number of aromatic nitrogens is 1. The van der Waals surface area contributed by atoms with Crippen LogP contribution in [0, 0.1) is 5.92 Å². The van der Waals surface area contributed by atoms with Gasteiger partial charge < -0.3 is 15.0 Å². The van der Waals surface area contributed by atoms with Crippen LogP contribution in [0.25, 0.3) is 0 Å². The van der Waals surface area contributed by atoms with Crippen LogP contribution in [0.3, 0.4) is 0 Å². The number of rotatable bonds is 6. The maximum absolute atomic E-state index is 12.4. The molecule has 26 heavy (non-hydrogen) atoms. The van der Waals surface area contributed by atoms with E-state index in [-0.39, 0.29) is 42.8 Å². The van der Waals surface area contributed by atoms with Crippen molar-refractivity contribution in [2.45, 2.75) is 64.5 Å². The number of nitrogens with one attached hydrogen (secondary N) is 1. The molecule has 1 aromatic rings. The van der Waals surface area contributed by atoms with Crippen LogP contribution in [0.15, 0.2) is 5.38 Å². The molecule has 7 nitrogen and oxygen atoms in total. The molecule has 1 saturated heterocycles. The second-order valence-electron chi connectivity index (χ2n) is 7.17. The summed E-state index contributed by atoms with van der Waals surface area (Å²) in [4.78, 5) is 42.1. The smallest absolute Gasteiger partial charge is 0.312 e. The Morgan fingerprint density at radius 1 is 1.23 bits per heavy atom. The molecule has 0 aromatic carbocycles. The molecule has 0 spiro atoms. The van der Waals surface area contributed by atoms with Crippen molar-refractivity contribution in [3.63, 3.8) is 0 Å². The van der Waals surface area contributed by atoms with E-state index >= 15 is 0 Å². The highest BCUT2D eigenvalue weighted by atomic mass is 32.1. The lowest BCUT2D eigenvalue weighted by atomic mass is 9.97.